The monoisotopic (exact) mass is 463 g/mol. The quantitative estimate of drug-likeness (QED) is 0.205. The minimum atomic E-state index is 0.930. The van der Waals surface area contributed by atoms with E-state index in [-0.39, 0.29) is 0 Å². The molecular formula is C32H17NOS. The molecule has 0 aliphatic heterocycles. The predicted molar refractivity (Wildman–Crippen MR) is 150 cm³/mol. The van der Waals surface area contributed by atoms with Gasteiger partial charge in [0.05, 0.1) is 11.0 Å². The van der Waals surface area contributed by atoms with Crippen LogP contribution in [0.25, 0.3) is 80.1 Å². The van der Waals surface area contributed by atoms with Gasteiger partial charge >= 0.3 is 0 Å². The van der Waals surface area contributed by atoms with E-state index in [0.717, 1.165) is 27.5 Å². The molecule has 0 radical (unpaired) electrons. The van der Waals surface area contributed by atoms with E-state index in [1.165, 1.54) is 52.6 Å². The van der Waals surface area contributed by atoms with Gasteiger partial charge in [-0.2, -0.15) is 0 Å². The maximum absolute atomic E-state index is 6.54. The Morgan fingerprint density at radius 1 is 0.514 bits per heavy atom. The zero-order valence-electron chi connectivity index (χ0n) is 18.6. The van der Waals surface area contributed by atoms with Gasteiger partial charge in [-0.15, -0.1) is 11.3 Å². The Bertz CT molecular complexity index is 2330. The number of benzene rings is 5. The molecule has 0 atom stereocenters. The lowest BCUT2D eigenvalue weighted by atomic mass is 9.99. The average Bonchev–Trinajstić information content (AvgIpc) is 3.58. The molecule has 0 fully saturated rings. The third kappa shape index (κ3) is 2.20. The SMILES string of the molecule is c1ccc2c(c1)cn1c2c2cc3sc4ccccc4c3cc2c2ccc3c4ccccc4oc3c21. The van der Waals surface area contributed by atoms with Crippen LogP contribution >= 0.6 is 11.3 Å². The van der Waals surface area contributed by atoms with E-state index in [4.69, 9.17) is 4.42 Å². The Kier molecular flexibility index (Phi) is 3.20. The number of para-hydroxylation sites is 1. The fourth-order valence-corrected chi connectivity index (χ4v) is 7.16. The van der Waals surface area contributed by atoms with Gasteiger partial charge in [0.15, 0.2) is 5.58 Å². The minimum Gasteiger partial charge on any atom is -0.454 e. The number of nitrogens with zero attached hydrogens (tertiary/aromatic N) is 1. The van der Waals surface area contributed by atoms with E-state index in [2.05, 4.69) is 102 Å². The molecule has 3 heteroatoms. The molecule has 4 aromatic heterocycles. The van der Waals surface area contributed by atoms with Crippen LogP contribution in [0.5, 0.6) is 0 Å². The van der Waals surface area contributed by atoms with Crippen LogP contribution in [0.4, 0.5) is 0 Å². The van der Waals surface area contributed by atoms with E-state index >= 15 is 0 Å². The van der Waals surface area contributed by atoms with E-state index in [9.17, 15) is 0 Å². The van der Waals surface area contributed by atoms with Crippen molar-refractivity contribution < 1.29 is 4.42 Å². The summed E-state index contributed by atoms with van der Waals surface area (Å²) in [7, 11) is 0. The number of furan rings is 1. The second kappa shape index (κ2) is 6.21. The summed E-state index contributed by atoms with van der Waals surface area (Å²) >= 11 is 1.88. The molecule has 162 valence electrons. The highest BCUT2D eigenvalue weighted by Crippen LogP contribution is 2.44. The summed E-state index contributed by atoms with van der Waals surface area (Å²) in [6.07, 6.45) is 2.27. The van der Waals surface area contributed by atoms with Crippen molar-refractivity contribution in [2.24, 2.45) is 0 Å². The molecule has 0 saturated heterocycles. The minimum absolute atomic E-state index is 0.930. The molecule has 0 saturated carbocycles. The first kappa shape index (κ1) is 18.0. The fraction of sp³-hybridized carbons (Fsp3) is 0. The standard InChI is InChI=1S/C32H17NOS/c1-2-8-19-18(7-1)17-33-30(19)26-16-29-25(21-10-4-6-12-28(21)35-29)15-24(26)22-13-14-23-20-9-3-5-11-27(20)34-32(23)31(22)33/h1-17H. The molecular weight excluding hydrogens is 446 g/mol. The zero-order valence-corrected chi connectivity index (χ0v) is 19.4. The number of hydrogen-bond donors (Lipinski definition) is 0. The Labute approximate surface area is 203 Å². The first-order valence-electron chi connectivity index (χ1n) is 11.9. The van der Waals surface area contributed by atoms with Crippen LogP contribution in [0.3, 0.4) is 0 Å². The van der Waals surface area contributed by atoms with Crippen molar-refractivity contribution in [1.82, 2.24) is 4.40 Å². The summed E-state index contributed by atoms with van der Waals surface area (Å²) in [5.41, 5.74) is 4.26. The van der Waals surface area contributed by atoms with Gasteiger partial charge in [0, 0.05) is 58.7 Å². The fourth-order valence-electron chi connectivity index (χ4n) is 6.03. The molecule has 2 nitrogen and oxygen atoms in total. The highest BCUT2D eigenvalue weighted by atomic mass is 32.1. The molecule has 9 aromatic rings. The molecule has 0 N–H and O–H groups in total. The smallest absolute Gasteiger partial charge is 0.160 e. The summed E-state index contributed by atoms with van der Waals surface area (Å²) in [5, 5.41) is 11.3. The number of pyridine rings is 1. The van der Waals surface area contributed by atoms with Gasteiger partial charge in [0.2, 0.25) is 0 Å². The number of hydrogen-bond acceptors (Lipinski definition) is 2. The summed E-state index contributed by atoms with van der Waals surface area (Å²) in [6, 6.07) is 35.1. The molecule has 35 heavy (non-hydrogen) atoms. The first-order valence-corrected chi connectivity index (χ1v) is 12.7. The van der Waals surface area contributed by atoms with Gasteiger partial charge in [-0.1, -0.05) is 66.7 Å². The molecule has 4 heterocycles. The van der Waals surface area contributed by atoms with Gasteiger partial charge < -0.3 is 8.82 Å². The van der Waals surface area contributed by atoms with Gasteiger partial charge in [-0.3, -0.25) is 0 Å². The molecule has 5 aromatic carbocycles. The molecule has 0 spiro atoms. The van der Waals surface area contributed by atoms with Crippen molar-refractivity contribution in [3.8, 4) is 0 Å². The van der Waals surface area contributed by atoms with Crippen LogP contribution in [0, 0.1) is 0 Å². The van der Waals surface area contributed by atoms with Crippen LogP contribution in [0.15, 0.2) is 108 Å². The van der Waals surface area contributed by atoms with Crippen LogP contribution < -0.4 is 0 Å². The second-order valence-corrected chi connectivity index (χ2v) is 10.4. The summed E-state index contributed by atoms with van der Waals surface area (Å²) < 4.78 is 11.6. The van der Waals surface area contributed by atoms with Crippen LogP contribution in [-0.2, 0) is 0 Å². The maximum Gasteiger partial charge on any atom is 0.160 e. The van der Waals surface area contributed by atoms with Crippen LogP contribution in [0.1, 0.15) is 0 Å². The molecule has 0 unspecified atom stereocenters. The maximum atomic E-state index is 6.54. The third-order valence-corrected chi connectivity index (χ3v) is 8.68. The van der Waals surface area contributed by atoms with Crippen molar-refractivity contribution in [2.75, 3.05) is 0 Å². The highest BCUT2D eigenvalue weighted by Gasteiger charge is 2.19. The molecule has 0 aliphatic rings. The molecule has 0 aliphatic carbocycles. The van der Waals surface area contributed by atoms with Crippen molar-refractivity contribution in [3.05, 3.63) is 103 Å². The van der Waals surface area contributed by atoms with E-state index in [1.54, 1.807) is 0 Å². The number of aromatic nitrogens is 1. The van der Waals surface area contributed by atoms with E-state index in [0.29, 0.717) is 0 Å². The third-order valence-electron chi connectivity index (χ3n) is 7.55. The topological polar surface area (TPSA) is 17.6 Å². The zero-order chi connectivity index (χ0) is 22.7. The van der Waals surface area contributed by atoms with Crippen molar-refractivity contribution in [2.45, 2.75) is 0 Å². The predicted octanol–water partition coefficient (Wildman–Crippen LogP) is 9.67. The molecule has 9 rings (SSSR count). The summed E-state index contributed by atoms with van der Waals surface area (Å²) in [6.45, 7) is 0. The van der Waals surface area contributed by atoms with Crippen molar-refractivity contribution in [1.29, 1.82) is 0 Å². The van der Waals surface area contributed by atoms with Gasteiger partial charge in [0.1, 0.15) is 5.58 Å². The summed E-state index contributed by atoms with van der Waals surface area (Å²) in [4.78, 5) is 0. The lowest BCUT2D eigenvalue weighted by Gasteiger charge is -2.11. The second-order valence-electron chi connectivity index (χ2n) is 9.36. The lowest BCUT2D eigenvalue weighted by Crippen LogP contribution is -1.90. The van der Waals surface area contributed by atoms with Gasteiger partial charge in [0.25, 0.3) is 0 Å². The van der Waals surface area contributed by atoms with Crippen molar-refractivity contribution >= 4 is 91.4 Å². The van der Waals surface area contributed by atoms with Gasteiger partial charge in [-0.05, 0) is 35.7 Å². The largest absolute Gasteiger partial charge is 0.454 e. The van der Waals surface area contributed by atoms with Crippen LogP contribution in [0.2, 0.25) is 0 Å². The highest BCUT2D eigenvalue weighted by molar-refractivity contribution is 7.25. The van der Waals surface area contributed by atoms with Gasteiger partial charge in [-0.25, -0.2) is 0 Å². The molecule has 0 bridgehead atoms. The van der Waals surface area contributed by atoms with E-state index in [1.807, 2.05) is 17.4 Å². The normalized spacial score (nSPS) is 12.6. The summed E-state index contributed by atoms with van der Waals surface area (Å²) in [5.74, 6) is 0. The Morgan fingerprint density at radius 2 is 1.29 bits per heavy atom. The average molecular weight is 464 g/mol. The van der Waals surface area contributed by atoms with Crippen LogP contribution in [-0.4, -0.2) is 4.40 Å². The Balaban J connectivity index is 1.63. The number of fused-ring (bicyclic) bond motifs is 15. The Morgan fingerprint density at radius 3 is 2.23 bits per heavy atom. The first-order chi connectivity index (χ1) is 17.3. The molecule has 0 amide bonds. The number of thiophene rings is 1. The van der Waals surface area contributed by atoms with Crippen molar-refractivity contribution in [3.63, 3.8) is 0 Å². The van der Waals surface area contributed by atoms with E-state index < -0.39 is 0 Å². The Hall–Kier alpha value is -4.34. The lowest BCUT2D eigenvalue weighted by molar-refractivity contribution is 0.671. The number of rotatable bonds is 0.